The maximum Gasteiger partial charge on any atom is 0.253 e. The second-order valence-electron chi connectivity index (χ2n) is 8.10. The van der Waals surface area contributed by atoms with Gasteiger partial charge in [0.2, 0.25) is 0 Å². The zero-order valence-corrected chi connectivity index (χ0v) is 21.6. The summed E-state index contributed by atoms with van der Waals surface area (Å²) in [6.07, 6.45) is 3.43. The van der Waals surface area contributed by atoms with E-state index in [1.807, 2.05) is 54.3 Å². The Morgan fingerprint density at radius 3 is 2.47 bits per heavy atom. The monoisotopic (exact) mass is 550 g/mol. The summed E-state index contributed by atoms with van der Waals surface area (Å²) < 4.78 is 5.96. The normalized spacial score (nSPS) is 14.8. The van der Waals surface area contributed by atoms with Gasteiger partial charge in [-0.1, -0.05) is 24.3 Å². The van der Waals surface area contributed by atoms with Crippen molar-refractivity contribution in [1.29, 1.82) is 0 Å². The molecule has 2 aromatic carbocycles. The van der Waals surface area contributed by atoms with Gasteiger partial charge >= 0.3 is 0 Å². The van der Waals surface area contributed by atoms with Gasteiger partial charge < -0.3 is 20.3 Å². The third kappa shape index (κ3) is 8.00. The topological polar surface area (TPSA) is 66.0 Å². The number of nitrogens with zero attached hydrogens (tertiary/aromatic N) is 2. The number of likely N-dealkylation sites (tertiary alicyclic amines) is 1. The average molecular weight is 550 g/mol. The molecule has 1 atom stereocenters. The van der Waals surface area contributed by atoms with Crippen LogP contribution >= 0.6 is 24.0 Å². The Labute approximate surface area is 208 Å². The van der Waals surface area contributed by atoms with Gasteiger partial charge in [-0.2, -0.15) is 0 Å². The van der Waals surface area contributed by atoms with Gasteiger partial charge in [0.25, 0.3) is 5.91 Å². The first-order chi connectivity index (χ1) is 15.0. The van der Waals surface area contributed by atoms with Crippen molar-refractivity contribution in [2.45, 2.75) is 45.8 Å². The second kappa shape index (κ2) is 13.3. The first-order valence-electron chi connectivity index (χ1n) is 11.1. The van der Waals surface area contributed by atoms with Crippen LogP contribution in [0.15, 0.2) is 53.5 Å². The first-order valence-corrected chi connectivity index (χ1v) is 11.1. The number of rotatable bonds is 7. The number of benzene rings is 2. The lowest BCUT2D eigenvalue weighted by Gasteiger charge is -2.26. The standard InChI is InChI=1S/C25H34N4O2.HI/c1-19-8-7-9-23(16-19)31-20(2)17-27-25(26-3)28-18-21-10-12-22(13-11-21)24(30)29-14-5-4-6-15-29;/h7-13,16,20H,4-6,14-15,17-18H2,1-3H3,(H2,26,27,28);1H. The van der Waals surface area contributed by atoms with Crippen molar-refractivity contribution in [3.05, 3.63) is 65.2 Å². The van der Waals surface area contributed by atoms with Gasteiger partial charge in [-0.15, -0.1) is 24.0 Å². The molecule has 1 fully saturated rings. The summed E-state index contributed by atoms with van der Waals surface area (Å²) >= 11 is 0. The minimum Gasteiger partial charge on any atom is -0.489 e. The average Bonchev–Trinajstić information content (AvgIpc) is 2.79. The Kier molecular flexibility index (Phi) is 10.8. The van der Waals surface area contributed by atoms with Crippen molar-refractivity contribution in [1.82, 2.24) is 15.5 Å². The lowest BCUT2D eigenvalue weighted by Crippen LogP contribution is -2.41. The highest BCUT2D eigenvalue weighted by Gasteiger charge is 2.17. The molecule has 1 heterocycles. The molecule has 0 aliphatic carbocycles. The largest absolute Gasteiger partial charge is 0.489 e. The lowest BCUT2D eigenvalue weighted by atomic mass is 10.1. The van der Waals surface area contributed by atoms with Crippen LogP contribution in [-0.2, 0) is 6.54 Å². The van der Waals surface area contributed by atoms with Crippen LogP contribution in [0.1, 0.15) is 47.7 Å². The molecule has 0 radical (unpaired) electrons. The molecular weight excluding hydrogens is 515 g/mol. The molecule has 2 N–H and O–H groups in total. The fourth-order valence-corrected chi connectivity index (χ4v) is 3.65. The van der Waals surface area contributed by atoms with Crippen LogP contribution in [0, 0.1) is 6.92 Å². The fraction of sp³-hybridized carbons (Fsp3) is 0.440. The number of aryl methyl sites for hydroxylation is 1. The highest BCUT2D eigenvalue weighted by Crippen LogP contribution is 2.15. The molecule has 7 heteroatoms. The minimum atomic E-state index is 0. The van der Waals surface area contributed by atoms with Crippen molar-refractivity contribution < 1.29 is 9.53 Å². The molecular formula is C25H35IN4O2. The molecule has 0 spiro atoms. The van der Waals surface area contributed by atoms with Crippen molar-refractivity contribution >= 4 is 35.8 Å². The number of amides is 1. The SMILES string of the molecule is CN=C(NCc1ccc(C(=O)N2CCCCC2)cc1)NCC(C)Oc1cccc(C)c1.I. The van der Waals surface area contributed by atoms with Crippen molar-refractivity contribution in [2.75, 3.05) is 26.7 Å². The highest BCUT2D eigenvalue weighted by molar-refractivity contribution is 14.0. The second-order valence-corrected chi connectivity index (χ2v) is 8.10. The number of ether oxygens (including phenoxy) is 1. The molecule has 1 saturated heterocycles. The summed E-state index contributed by atoms with van der Waals surface area (Å²) in [5.74, 6) is 1.73. The zero-order valence-electron chi connectivity index (χ0n) is 19.3. The predicted molar refractivity (Wildman–Crippen MR) is 141 cm³/mol. The smallest absolute Gasteiger partial charge is 0.253 e. The van der Waals surface area contributed by atoms with Crippen molar-refractivity contribution in [3.8, 4) is 5.75 Å². The van der Waals surface area contributed by atoms with E-state index < -0.39 is 0 Å². The van der Waals surface area contributed by atoms with Gasteiger partial charge in [-0.05, 0) is 68.5 Å². The molecule has 0 bridgehead atoms. The lowest BCUT2D eigenvalue weighted by molar-refractivity contribution is 0.0724. The number of carbonyl (C=O) groups is 1. The quantitative estimate of drug-likeness (QED) is 0.305. The molecule has 6 nitrogen and oxygen atoms in total. The van der Waals surface area contributed by atoms with Gasteiger partial charge in [0, 0.05) is 32.2 Å². The Morgan fingerprint density at radius 1 is 1.09 bits per heavy atom. The van der Waals surface area contributed by atoms with Crippen LogP contribution in [0.2, 0.25) is 0 Å². The number of hydrogen-bond acceptors (Lipinski definition) is 3. The summed E-state index contributed by atoms with van der Waals surface area (Å²) in [5.41, 5.74) is 3.04. The number of piperidine rings is 1. The number of halogens is 1. The summed E-state index contributed by atoms with van der Waals surface area (Å²) in [6.45, 7) is 7.09. The number of carbonyl (C=O) groups excluding carboxylic acids is 1. The van der Waals surface area contributed by atoms with Crippen molar-refractivity contribution in [2.24, 2.45) is 4.99 Å². The van der Waals surface area contributed by atoms with Crippen LogP contribution in [-0.4, -0.2) is 49.6 Å². The molecule has 1 aliphatic heterocycles. The third-order valence-corrected chi connectivity index (χ3v) is 5.41. The van der Waals surface area contributed by atoms with Gasteiger partial charge in [0.1, 0.15) is 11.9 Å². The zero-order chi connectivity index (χ0) is 22.1. The van der Waals surface area contributed by atoms with Gasteiger partial charge in [-0.3, -0.25) is 9.79 Å². The van der Waals surface area contributed by atoms with Gasteiger partial charge in [0.05, 0.1) is 6.54 Å². The predicted octanol–water partition coefficient (Wildman–Crippen LogP) is 4.37. The minimum absolute atomic E-state index is 0. The maximum atomic E-state index is 12.6. The summed E-state index contributed by atoms with van der Waals surface area (Å²) in [7, 11) is 1.75. The van der Waals surface area contributed by atoms with Crippen LogP contribution < -0.4 is 15.4 Å². The Hall–Kier alpha value is -2.29. The van der Waals surface area contributed by atoms with E-state index in [0.29, 0.717) is 19.0 Å². The van der Waals surface area contributed by atoms with Crippen LogP contribution in [0.25, 0.3) is 0 Å². The summed E-state index contributed by atoms with van der Waals surface area (Å²) in [5, 5.41) is 6.61. The molecule has 3 rings (SSSR count). The summed E-state index contributed by atoms with van der Waals surface area (Å²) in [4.78, 5) is 18.8. The number of aliphatic imine (C=N–C) groups is 1. The molecule has 1 amide bonds. The number of hydrogen-bond donors (Lipinski definition) is 2. The van der Waals surface area contributed by atoms with Gasteiger partial charge in [-0.25, -0.2) is 0 Å². The highest BCUT2D eigenvalue weighted by atomic mass is 127. The van der Waals surface area contributed by atoms with E-state index in [2.05, 4.69) is 28.6 Å². The number of nitrogens with one attached hydrogen (secondary N) is 2. The molecule has 0 saturated carbocycles. The van der Waals surface area contributed by atoms with E-state index in [1.165, 1.54) is 12.0 Å². The molecule has 0 aromatic heterocycles. The maximum absolute atomic E-state index is 12.6. The molecule has 1 aliphatic rings. The number of guanidine groups is 1. The Morgan fingerprint density at radius 2 is 1.81 bits per heavy atom. The van der Waals surface area contributed by atoms with Crippen LogP contribution in [0.4, 0.5) is 0 Å². The molecule has 2 aromatic rings. The van der Waals surface area contributed by atoms with E-state index in [0.717, 1.165) is 42.8 Å². The Balaban J connectivity index is 0.00000363. The third-order valence-electron chi connectivity index (χ3n) is 5.41. The van der Waals surface area contributed by atoms with Crippen LogP contribution in [0.5, 0.6) is 5.75 Å². The van der Waals surface area contributed by atoms with E-state index in [-0.39, 0.29) is 36.0 Å². The molecule has 174 valence electrons. The fourth-order valence-electron chi connectivity index (χ4n) is 3.65. The van der Waals surface area contributed by atoms with Gasteiger partial charge in [0.15, 0.2) is 5.96 Å². The van der Waals surface area contributed by atoms with E-state index >= 15 is 0 Å². The Bertz CT molecular complexity index is 880. The van der Waals surface area contributed by atoms with E-state index in [4.69, 9.17) is 4.74 Å². The van der Waals surface area contributed by atoms with Crippen molar-refractivity contribution in [3.63, 3.8) is 0 Å². The van der Waals surface area contributed by atoms with Crippen LogP contribution in [0.3, 0.4) is 0 Å². The molecule has 32 heavy (non-hydrogen) atoms. The summed E-state index contributed by atoms with van der Waals surface area (Å²) in [6, 6.07) is 15.9. The first kappa shape index (κ1) is 26.0. The van der Waals surface area contributed by atoms with E-state index in [9.17, 15) is 4.79 Å². The van der Waals surface area contributed by atoms with E-state index in [1.54, 1.807) is 7.05 Å². The molecule has 1 unspecified atom stereocenters.